The molecule has 1 atom stereocenters. The van der Waals surface area contributed by atoms with Gasteiger partial charge in [-0.25, -0.2) is 8.42 Å². The van der Waals surface area contributed by atoms with Crippen LogP contribution in [-0.4, -0.2) is 38.4 Å². The Labute approximate surface area is 130 Å². The molecule has 0 aromatic heterocycles. The van der Waals surface area contributed by atoms with Crippen LogP contribution < -0.4 is 5.32 Å². The predicted molar refractivity (Wildman–Crippen MR) is 79.6 cm³/mol. The topological polar surface area (TPSA) is 73.2 Å². The molecule has 110 valence electrons. The summed E-state index contributed by atoms with van der Waals surface area (Å²) in [5, 5.41) is 12.1. The lowest BCUT2D eigenvalue weighted by atomic mass is 10.2. The van der Waals surface area contributed by atoms with Gasteiger partial charge in [0.05, 0.1) is 15.5 Å². The normalized spacial score (nSPS) is 19.9. The summed E-state index contributed by atoms with van der Waals surface area (Å²) in [6.07, 6.45) is 0. The highest BCUT2D eigenvalue weighted by Crippen LogP contribution is 2.23. The number of benzene rings is 1. The van der Waals surface area contributed by atoms with Crippen molar-refractivity contribution in [3.8, 4) is 6.07 Å². The average molecular weight is 336 g/mol. The minimum atomic E-state index is -3.54. The first-order chi connectivity index (χ1) is 8.95. The molecule has 0 aliphatic carbocycles. The Morgan fingerprint density at radius 3 is 2.75 bits per heavy atom. The Kier molecular flexibility index (Phi) is 5.80. The van der Waals surface area contributed by atoms with Crippen LogP contribution >= 0.6 is 24.0 Å². The largest absolute Gasteiger partial charge is 0.312 e. The highest BCUT2D eigenvalue weighted by atomic mass is 35.5. The van der Waals surface area contributed by atoms with Gasteiger partial charge in [-0.2, -0.15) is 9.57 Å². The fraction of sp³-hybridized carbons (Fsp3) is 0.417. The van der Waals surface area contributed by atoms with Crippen molar-refractivity contribution in [1.82, 2.24) is 9.62 Å². The van der Waals surface area contributed by atoms with Crippen molar-refractivity contribution in [3.63, 3.8) is 0 Å². The number of halogens is 2. The van der Waals surface area contributed by atoms with Gasteiger partial charge in [-0.05, 0) is 25.1 Å². The molecule has 1 aromatic carbocycles. The molecule has 0 radical (unpaired) electrons. The van der Waals surface area contributed by atoms with Crippen LogP contribution in [0.25, 0.3) is 0 Å². The SMILES string of the molecule is CC1CN(S(=O)(=O)c2ccc(C#N)c(Cl)c2)CCN1.Cl. The summed E-state index contributed by atoms with van der Waals surface area (Å²) < 4.78 is 26.3. The number of nitrogens with one attached hydrogen (secondary N) is 1. The number of nitriles is 1. The highest BCUT2D eigenvalue weighted by Gasteiger charge is 2.28. The van der Waals surface area contributed by atoms with Crippen LogP contribution in [0.2, 0.25) is 5.02 Å². The van der Waals surface area contributed by atoms with Gasteiger partial charge in [0.1, 0.15) is 6.07 Å². The molecule has 2 rings (SSSR count). The minimum absolute atomic E-state index is 0. The van der Waals surface area contributed by atoms with Crippen molar-refractivity contribution in [1.29, 1.82) is 5.26 Å². The quantitative estimate of drug-likeness (QED) is 0.891. The van der Waals surface area contributed by atoms with Crippen molar-refractivity contribution in [2.75, 3.05) is 19.6 Å². The molecule has 1 aliphatic rings. The third kappa shape index (κ3) is 3.43. The standard InChI is InChI=1S/C12H14ClN3O2S.ClH/c1-9-8-16(5-4-15-9)19(17,18)11-3-2-10(7-14)12(13)6-11;/h2-3,6,9,15H,4-5,8H2,1H3;1H. The first kappa shape index (κ1) is 17.2. The molecular weight excluding hydrogens is 321 g/mol. The summed E-state index contributed by atoms with van der Waals surface area (Å²) >= 11 is 5.89. The van der Waals surface area contributed by atoms with E-state index in [9.17, 15) is 8.42 Å². The maximum Gasteiger partial charge on any atom is 0.243 e. The fourth-order valence-electron chi connectivity index (χ4n) is 2.01. The first-order valence-corrected chi connectivity index (χ1v) is 7.70. The predicted octanol–water partition coefficient (Wildman–Crippen LogP) is 1.62. The van der Waals surface area contributed by atoms with Gasteiger partial charge in [0.2, 0.25) is 10.0 Å². The smallest absolute Gasteiger partial charge is 0.243 e. The van der Waals surface area contributed by atoms with Crippen LogP contribution in [0.4, 0.5) is 0 Å². The molecule has 20 heavy (non-hydrogen) atoms. The van der Waals surface area contributed by atoms with Crippen LogP contribution in [-0.2, 0) is 10.0 Å². The van der Waals surface area contributed by atoms with Crippen LogP contribution in [0.1, 0.15) is 12.5 Å². The number of sulfonamides is 1. The van der Waals surface area contributed by atoms with E-state index < -0.39 is 10.0 Å². The highest BCUT2D eigenvalue weighted by molar-refractivity contribution is 7.89. The lowest BCUT2D eigenvalue weighted by Gasteiger charge is -2.31. The van der Waals surface area contributed by atoms with Gasteiger partial charge in [0.15, 0.2) is 0 Å². The van der Waals surface area contributed by atoms with Crippen LogP contribution in [0.3, 0.4) is 0 Å². The second-order valence-electron chi connectivity index (χ2n) is 4.47. The number of piperazine rings is 1. The molecule has 1 unspecified atom stereocenters. The average Bonchev–Trinajstić information content (AvgIpc) is 2.38. The van der Waals surface area contributed by atoms with E-state index in [4.69, 9.17) is 16.9 Å². The van der Waals surface area contributed by atoms with Gasteiger partial charge in [-0.15, -0.1) is 12.4 Å². The van der Waals surface area contributed by atoms with Crippen LogP contribution in [0.5, 0.6) is 0 Å². The number of rotatable bonds is 2. The molecule has 0 bridgehead atoms. The molecule has 1 aliphatic heterocycles. The summed E-state index contributed by atoms with van der Waals surface area (Å²) in [6, 6.07) is 6.22. The summed E-state index contributed by atoms with van der Waals surface area (Å²) in [5.74, 6) is 0. The Bertz CT molecular complexity index is 628. The number of hydrogen-bond acceptors (Lipinski definition) is 4. The number of hydrogen-bond donors (Lipinski definition) is 1. The van der Waals surface area contributed by atoms with Crippen LogP contribution in [0, 0.1) is 11.3 Å². The molecule has 0 amide bonds. The van der Waals surface area contributed by atoms with Crippen molar-refractivity contribution in [2.45, 2.75) is 17.9 Å². The zero-order valence-corrected chi connectivity index (χ0v) is 13.2. The first-order valence-electron chi connectivity index (χ1n) is 5.88. The van der Waals surface area contributed by atoms with Crippen molar-refractivity contribution in [2.24, 2.45) is 0 Å². The summed E-state index contributed by atoms with van der Waals surface area (Å²) in [6.45, 7) is 3.43. The van der Waals surface area contributed by atoms with Crippen molar-refractivity contribution < 1.29 is 8.42 Å². The third-order valence-corrected chi connectivity index (χ3v) is 5.20. The Morgan fingerprint density at radius 2 is 2.20 bits per heavy atom. The second-order valence-corrected chi connectivity index (χ2v) is 6.82. The van der Waals surface area contributed by atoms with E-state index in [-0.39, 0.29) is 33.9 Å². The fourth-order valence-corrected chi connectivity index (χ4v) is 3.86. The van der Waals surface area contributed by atoms with Crippen LogP contribution in [0.15, 0.2) is 23.1 Å². The number of nitrogens with zero attached hydrogens (tertiary/aromatic N) is 2. The lowest BCUT2D eigenvalue weighted by molar-refractivity contribution is 0.310. The molecule has 1 saturated heterocycles. The van der Waals surface area contributed by atoms with E-state index in [2.05, 4.69) is 5.32 Å². The monoisotopic (exact) mass is 335 g/mol. The van der Waals surface area contributed by atoms with Gasteiger partial charge >= 0.3 is 0 Å². The molecule has 1 fully saturated rings. The van der Waals surface area contributed by atoms with Gasteiger partial charge in [0, 0.05) is 25.7 Å². The van der Waals surface area contributed by atoms with Gasteiger partial charge < -0.3 is 5.32 Å². The van der Waals surface area contributed by atoms with Gasteiger partial charge in [-0.1, -0.05) is 11.6 Å². The van der Waals surface area contributed by atoms with Gasteiger partial charge in [0.25, 0.3) is 0 Å². The molecule has 1 aromatic rings. The van der Waals surface area contributed by atoms with E-state index in [0.29, 0.717) is 19.6 Å². The van der Waals surface area contributed by atoms with Gasteiger partial charge in [-0.3, -0.25) is 0 Å². The maximum absolute atomic E-state index is 12.4. The molecule has 5 nitrogen and oxygen atoms in total. The lowest BCUT2D eigenvalue weighted by Crippen LogP contribution is -2.51. The molecule has 0 saturated carbocycles. The van der Waals surface area contributed by atoms with E-state index in [1.54, 1.807) is 0 Å². The summed E-state index contributed by atoms with van der Waals surface area (Å²) in [4.78, 5) is 0.130. The maximum atomic E-state index is 12.4. The van der Waals surface area contributed by atoms with E-state index >= 15 is 0 Å². The third-order valence-electron chi connectivity index (χ3n) is 3.03. The Hall–Kier alpha value is -0.840. The zero-order valence-electron chi connectivity index (χ0n) is 10.8. The summed E-state index contributed by atoms with van der Waals surface area (Å²) in [5.41, 5.74) is 0.272. The molecule has 0 spiro atoms. The zero-order chi connectivity index (χ0) is 14.0. The molecule has 1 heterocycles. The second kappa shape index (κ2) is 6.74. The Balaban J connectivity index is 0.00000200. The van der Waals surface area contributed by atoms with Crippen molar-refractivity contribution in [3.05, 3.63) is 28.8 Å². The molecule has 8 heteroatoms. The molecular formula is C12H15Cl2N3O2S. The minimum Gasteiger partial charge on any atom is -0.312 e. The van der Waals surface area contributed by atoms with Crippen molar-refractivity contribution >= 4 is 34.0 Å². The Morgan fingerprint density at radius 1 is 1.50 bits per heavy atom. The van der Waals surface area contributed by atoms with E-state index in [1.807, 2.05) is 13.0 Å². The van der Waals surface area contributed by atoms with E-state index in [1.165, 1.54) is 22.5 Å². The summed E-state index contributed by atoms with van der Waals surface area (Å²) in [7, 11) is -3.54. The molecule has 1 N–H and O–H groups in total. The van der Waals surface area contributed by atoms with E-state index in [0.717, 1.165) is 0 Å².